The van der Waals surface area contributed by atoms with Crippen LogP contribution in [0, 0.1) is 0 Å². The molecule has 1 aliphatic heterocycles. The van der Waals surface area contributed by atoms with Gasteiger partial charge in [-0.25, -0.2) is 13.2 Å². The van der Waals surface area contributed by atoms with Crippen LogP contribution in [0.5, 0.6) is 0 Å². The Morgan fingerprint density at radius 3 is 2.47 bits per heavy atom. The molecule has 4 rings (SSSR count). The molecule has 3 aromatic carbocycles. The van der Waals surface area contributed by atoms with E-state index in [0.717, 1.165) is 22.5 Å². The zero-order valence-corrected chi connectivity index (χ0v) is 20.2. The van der Waals surface area contributed by atoms with E-state index in [-0.39, 0.29) is 34.1 Å². The molecule has 1 amide bonds. The average molecular weight is 539 g/mol. The van der Waals surface area contributed by atoms with Crippen LogP contribution >= 0.6 is 11.6 Å². The minimum atomic E-state index is -4.70. The highest BCUT2D eigenvalue weighted by Crippen LogP contribution is 2.36. The van der Waals surface area contributed by atoms with Crippen molar-refractivity contribution < 1.29 is 35.9 Å². The van der Waals surface area contributed by atoms with E-state index in [9.17, 15) is 31.2 Å². The fourth-order valence-electron chi connectivity index (χ4n) is 3.77. The van der Waals surface area contributed by atoms with Gasteiger partial charge in [-0.2, -0.15) is 13.2 Å². The molecule has 0 saturated carbocycles. The third-order valence-electron chi connectivity index (χ3n) is 5.58. The van der Waals surface area contributed by atoms with Gasteiger partial charge in [-0.1, -0.05) is 23.7 Å². The number of benzene rings is 3. The second-order valence-electron chi connectivity index (χ2n) is 7.84. The molecular weight excluding hydrogens is 521 g/mol. The van der Waals surface area contributed by atoms with E-state index in [0.29, 0.717) is 18.1 Å². The van der Waals surface area contributed by atoms with E-state index in [1.54, 1.807) is 6.07 Å². The van der Waals surface area contributed by atoms with Crippen molar-refractivity contribution in [2.75, 3.05) is 23.3 Å². The van der Waals surface area contributed by atoms with Gasteiger partial charge in [-0.05, 0) is 60.5 Å². The third kappa shape index (κ3) is 4.89. The highest BCUT2D eigenvalue weighted by atomic mass is 35.5. The Morgan fingerprint density at radius 1 is 1.06 bits per heavy atom. The van der Waals surface area contributed by atoms with Crippen LogP contribution in [0.3, 0.4) is 0 Å². The van der Waals surface area contributed by atoms with E-state index in [1.165, 1.54) is 37.4 Å². The molecule has 188 valence electrons. The zero-order valence-electron chi connectivity index (χ0n) is 18.6. The fourth-order valence-corrected chi connectivity index (χ4v) is 5.57. The van der Waals surface area contributed by atoms with Crippen LogP contribution in [-0.2, 0) is 27.4 Å². The molecule has 1 N–H and O–H groups in total. The van der Waals surface area contributed by atoms with Crippen LogP contribution in [0.4, 0.5) is 24.5 Å². The van der Waals surface area contributed by atoms with Crippen molar-refractivity contribution in [1.29, 1.82) is 0 Å². The Labute approximate surface area is 209 Å². The minimum Gasteiger partial charge on any atom is -0.465 e. The van der Waals surface area contributed by atoms with Gasteiger partial charge in [0, 0.05) is 17.8 Å². The molecule has 0 aliphatic carbocycles. The van der Waals surface area contributed by atoms with Crippen molar-refractivity contribution >= 4 is 44.9 Å². The van der Waals surface area contributed by atoms with Crippen LogP contribution in [-0.4, -0.2) is 33.9 Å². The number of ether oxygens (including phenoxy) is 1. The van der Waals surface area contributed by atoms with Crippen molar-refractivity contribution in [2.24, 2.45) is 0 Å². The number of carbonyl (C=O) groups excluding carboxylic acids is 2. The predicted molar refractivity (Wildman–Crippen MR) is 127 cm³/mol. The largest absolute Gasteiger partial charge is 0.465 e. The van der Waals surface area contributed by atoms with Crippen LogP contribution < -0.4 is 9.62 Å². The number of nitrogens with zero attached hydrogens (tertiary/aromatic N) is 1. The second kappa shape index (κ2) is 9.47. The number of rotatable bonds is 5. The zero-order chi connectivity index (χ0) is 26.3. The van der Waals surface area contributed by atoms with Crippen molar-refractivity contribution in [3.8, 4) is 0 Å². The Morgan fingerprint density at radius 2 is 1.81 bits per heavy atom. The smallest absolute Gasteiger partial charge is 0.416 e. The normalized spacial score (nSPS) is 13.3. The van der Waals surface area contributed by atoms with Crippen molar-refractivity contribution in [1.82, 2.24) is 0 Å². The lowest BCUT2D eigenvalue weighted by Crippen LogP contribution is -2.29. The van der Waals surface area contributed by atoms with E-state index in [2.05, 4.69) is 10.1 Å². The first kappa shape index (κ1) is 25.5. The molecule has 7 nitrogen and oxygen atoms in total. The first-order valence-corrected chi connectivity index (χ1v) is 12.3. The van der Waals surface area contributed by atoms with Gasteiger partial charge >= 0.3 is 12.1 Å². The summed E-state index contributed by atoms with van der Waals surface area (Å²) >= 11 is 6.08. The van der Waals surface area contributed by atoms with Gasteiger partial charge in [0.15, 0.2) is 0 Å². The van der Waals surface area contributed by atoms with E-state index < -0.39 is 38.5 Å². The molecule has 0 saturated heterocycles. The number of amides is 1. The summed E-state index contributed by atoms with van der Waals surface area (Å²) in [7, 11) is -3.11. The number of methoxy groups -OCH3 is 1. The van der Waals surface area contributed by atoms with Crippen LogP contribution in [0.1, 0.15) is 31.8 Å². The number of hydrogen-bond donors (Lipinski definition) is 1. The van der Waals surface area contributed by atoms with Gasteiger partial charge in [-0.15, -0.1) is 0 Å². The van der Waals surface area contributed by atoms with Crippen LogP contribution in [0.2, 0.25) is 5.02 Å². The number of nitrogens with one attached hydrogen (secondary N) is 1. The topological polar surface area (TPSA) is 92.8 Å². The van der Waals surface area contributed by atoms with E-state index in [1.807, 2.05) is 0 Å². The third-order valence-corrected chi connectivity index (χ3v) is 7.70. The van der Waals surface area contributed by atoms with Crippen molar-refractivity contribution in [3.05, 3.63) is 87.9 Å². The van der Waals surface area contributed by atoms with Gasteiger partial charge in [0.2, 0.25) is 0 Å². The Kier molecular flexibility index (Phi) is 6.72. The molecule has 0 atom stereocenters. The summed E-state index contributed by atoms with van der Waals surface area (Å²) in [6, 6.07) is 12.2. The van der Waals surface area contributed by atoms with Gasteiger partial charge in [-0.3, -0.25) is 9.10 Å². The SMILES string of the molecule is COC(=O)c1ccc(NC(=O)c2ccc3c(c2)N(S(=O)(=O)c2cccc(C(F)(F)F)c2)CC3)cc1Cl. The number of halogens is 4. The predicted octanol–water partition coefficient (Wildman–Crippen LogP) is 5.15. The Hall–Kier alpha value is -3.57. The molecule has 36 heavy (non-hydrogen) atoms. The fraction of sp³-hybridized carbons (Fsp3) is 0.167. The summed E-state index contributed by atoms with van der Waals surface area (Å²) in [5.41, 5.74) is 0.282. The lowest BCUT2D eigenvalue weighted by molar-refractivity contribution is -0.137. The number of alkyl halides is 3. The summed E-state index contributed by atoms with van der Waals surface area (Å²) < 4.78 is 71.4. The molecule has 0 spiro atoms. The maximum absolute atomic E-state index is 13.2. The summed E-state index contributed by atoms with van der Waals surface area (Å²) in [6.45, 7) is 0.0174. The molecule has 3 aromatic rings. The monoisotopic (exact) mass is 538 g/mol. The number of hydrogen-bond acceptors (Lipinski definition) is 5. The van der Waals surface area contributed by atoms with Crippen LogP contribution in [0.25, 0.3) is 0 Å². The molecule has 12 heteroatoms. The quantitative estimate of drug-likeness (QED) is 0.454. The first-order valence-electron chi connectivity index (χ1n) is 10.4. The minimum absolute atomic E-state index is 0.0174. The maximum atomic E-state index is 13.2. The molecule has 0 unspecified atom stereocenters. The summed E-state index contributed by atoms with van der Waals surface area (Å²) in [6.07, 6.45) is -4.36. The number of anilines is 2. The number of esters is 1. The van der Waals surface area contributed by atoms with E-state index in [4.69, 9.17) is 11.6 Å². The number of carbonyl (C=O) groups is 2. The molecule has 0 fully saturated rings. The molecule has 0 bridgehead atoms. The Balaban J connectivity index is 1.61. The van der Waals surface area contributed by atoms with Crippen molar-refractivity contribution in [2.45, 2.75) is 17.5 Å². The highest BCUT2D eigenvalue weighted by Gasteiger charge is 2.35. The number of sulfonamides is 1. The molecule has 0 aromatic heterocycles. The van der Waals surface area contributed by atoms with Crippen molar-refractivity contribution in [3.63, 3.8) is 0 Å². The van der Waals surface area contributed by atoms with Gasteiger partial charge in [0.05, 0.1) is 33.8 Å². The number of fused-ring (bicyclic) bond motifs is 1. The summed E-state index contributed by atoms with van der Waals surface area (Å²) in [4.78, 5) is 24.0. The van der Waals surface area contributed by atoms with E-state index >= 15 is 0 Å². The highest BCUT2D eigenvalue weighted by molar-refractivity contribution is 7.92. The lowest BCUT2D eigenvalue weighted by atomic mass is 10.1. The maximum Gasteiger partial charge on any atom is 0.416 e. The molecular formula is C24H18ClF3N2O5S. The first-order chi connectivity index (χ1) is 16.9. The summed E-state index contributed by atoms with van der Waals surface area (Å²) in [5.74, 6) is -1.22. The molecule has 0 radical (unpaired) electrons. The van der Waals surface area contributed by atoms with Gasteiger partial charge in [0.25, 0.3) is 15.9 Å². The van der Waals surface area contributed by atoms with Crippen LogP contribution in [0.15, 0.2) is 65.6 Å². The standard InChI is InChI=1S/C24H18ClF3N2O5S/c1-35-23(32)19-8-7-17(13-20(19)25)29-22(31)15-6-5-14-9-10-30(21(14)11-15)36(33,34)18-4-2-3-16(12-18)24(26,27)28/h2-8,11-13H,9-10H2,1H3,(H,29,31). The molecule has 1 aliphatic rings. The average Bonchev–Trinajstić information content (AvgIpc) is 3.27. The van der Waals surface area contributed by atoms with Gasteiger partial charge < -0.3 is 10.1 Å². The Bertz CT molecular complexity index is 1470. The summed E-state index contributed by atoms with van der Waals surface area (Å²) in [5, 5.41) is 2.68. The second-order valence-corrected chi connectivity index (χ2v) is 10.1. The molecule has 1 heterocycles. The lowest BCUT2D eigenvalue weighted by Gasteiger charge is -2.21. The van der Waals surface area contributed by atoms with Gasteiger partial charge in [0.1, 0.15) is 0 Å².